The maximum absolute atomic E-state index is 13.4. The monoisotopic (exact) mass is 571 g/mol. The molecule has 1 amide bonds. The first-order chi connectivity index (χ1) is 18.8. The van der Waals surface area contributed by atoms with Crippen molar-refractivity contribution in [1.82, 2.24) is 14.4 Å². The van der Waals surface area contributed by atoms with Crippen LogP contribution in [-0.2, 0) is 11.3 Å². The molecule has 0 radical (unpaired) electrons. The number of nitrogens with zero attached hydrogens (tertiary/aromatic N) is 5. The Balaban J connectivity index is 1.73. The predicted octanol–water partition coefficient (Wildman–Crippen LogP) is 5.92. The summed E-state index contributed by atoms with van der Waals surface area (Å²) < 4.78 is 2.28. The fourth-order valence-corrected chi connectivity index (χ4v) is 6.67. The van der Waals surface area contributed by atoms with Crippen LogP contribution in [0.5, 0.6) is 0 Å². The SMILES string of the molecule is CCCCCCCCCCCCN1C(=O)/C(=C\c2c(C)c(C#N)c(=O)n(CC)c2N2CCN(C)CC2)SC1=S. The number of rotatable bonds is 14. The lowest BCUT2D eigenvalue weighted by Crippen LogP contribution is -2.47. The van der Waals surface area contributed by atoms with E-state index in [4.69, 9.17) is 12.2 Å². The van der Waals surface area contributed by atoms with Crippen LogP contribution in [0.1, 0.15) is 94.7 Å². The van der Waals surface area contributed by atoms with E-state index in [0.29, 0.717) is 27.9 Å². The number of hydrogen-bond acceptors (Lipinski definition) is 7. The first-order valence-corrected chi connectivity index (χ1v) is 15.9. The molecule has 39 heavy (non-hydrogen) atoms. The van der Waals surface area contributed by atoms with Gasteiger partial charge in [-0.2, -0.15) is 5.26 Å². The zero-order valence-electron chi connectivity index (χ0n) is 24.3. The van der Waals surface area contributed by atoms with E-state index in [-0.39, 0.29) is 17.0 Å². The Labute approximate surface area is 244 Å². The molecule has 0 N–H and O–H groups in total. The van der Waals surface area contributed by atoms with Crippen LogP contribution in [-0.4, -0.2) is 64.4 Å². The van der Waals surface area contributed by atoms with Gasteiger partial charge in [-0.1, -0.05) is 88.7 Å². The van der Waals surface area contributed by atoms with E-state index >= 15 is 0 Å². The molecule has 0 bridgehead atoms. The average molecular weight is 572 g/mol. The molecule has 0 aliphatic carbocycles. The Hall–Kier alpha value is -2.15. The molecule has 0 spiro atoms. The molecule has 1 aromatic heterocycles. The summed E-state index contributed by atoms with van der Waals surface area (Å²) in [6, 6.07) is 2.11. The molecule has 2 fully saturated rings. The van der Waals surface area contributed by atoms with E-state index < -0.39 is 0 Å². The minimum absolute atomic E-state index is 0.0718. The second-order valence-corrected chi connectivity index (χ2v) is 12.4. The Morgan fingerprint density at radius 3 is 2.10 bits per heavy atom. The van der Waals surface area contributed by atoms with Gasteiger partial charge in [0.1, 0.15) is 21.8 Å². The topological polar surface area (TPSA) is 72.6 Å². The van der Waals surface area contributed by atoms with E-state index in [9.17, 15) is 14.9 Å². The Bertz CT molecular complexity index is 1150. The van der Waals surface area contributed by atoms with Crippen molar-refractivity contribution in [3.05, 3.63) is 31.9 Å². The lowest BCUT2D eigenvalue weighted by Gasteiger charge is -2.36. The molecule has 2 aliphatic rings. The van der Waals surface area contributed by atoms with Crippen LogP contribution < -0.4 is 10.5 Å². The van der Waals surface area contributed by atoms with Crippen molar-refractivity contribution in [2.45, 2.75) is 91.5 Å². The molecule has 9 heteroatoms. The summed E-state index contributed by atoms with van der Waals surface area (Å²) in [7, 11) is 2.09. The summed E-state index contributed by atoms with van der Waals surface area (Å²) in [6.07, 6.45) is 14.3. The number of carbonyl (C=O) groups is 1. The molecule has 0 saturated carbocycles. The highest BCUT2D eigenvalue weighted by atomic mass is 32.2. The molecule has 0 unspecified atom stereocenters. The van der Waals surface area contributed by atoms with Gasteiger partial charge in [-0.3, -0.25) is 19.1 Å². The number of hydrogen-bond donors (Lipinski definition) is 0. The van der Waals surface area contributed by atoms with E-state index in [1.165, 1.54) is 63.1 Å². The second kappa shape index (κ2) is 15.6. The number of unbranched alkanes of at least 4 members (excludes halogenated alkanes) is 9. The van der Waals surface area contributed by atoms with Crippen LogP contribution in [0.2, 0.25) is 0 Å². The number of aromatic nitrogens is 1. The van der Waals surface area contributed by atoms with Crippen molar-refractivity contribution in [2.24, 2.45) is 0 Å². The molecule has 7 nitrogen and oxygen atoms in total. The smallest absolute Gasteiger partial charge is 0.270 e. The minimum Gasteiger partial charge on any atom is -0.355 e. The van der Waals surface area contributed by atoms with Crippen LogP contribution >= 0.6 is 24.0 Å². The zero-order chi connectivity index (χ0) is 28.4. The third-order valence-electron chi connectivity index (χ3n) is 7.85. The molecule has 0 atom stereocenters. The van der Waals surface area contributed by atoms with E-state index in [0.717, 1.165) is 50.4 Å². The summed E-state index contributed by atoms with van der Waals surface area (Å²) in [5.41, 5.74) is 1.27. The first-order valence-electron chi connectivity index (χ1n) is 14.7. The van der Waals surface area contributed by atoms with Gasteiger partial charge in [0, 0.05) is 44.8 Å². The van der Waals surface area contributed by atoms with Crippen molar-refractivity contribution in [2.75, 3.05) is 44.7 Å². The fraction of sp³-hybridized carbons (Fsp3) is 0.667. The highest BCUT2D eigenvalue weighted by Crippen LogP contribution is 2.36. The molecular weight excluding hydrogens is 526 g/mol. The molecular formula is C30H45N5O2S2. The Kier molecular flexibility index (Phi) is 12.5. The van der Waals surface area contributed by atoms with E-state index in [1.807, 2.05) is 19.9 Å². The quantitative estimate of drug-likeness (QED) is 0.156. The number of piperazine rings is 1. The lowest BCUT2D eigenvalue weighted by molar-refractivity contribution is -0.122. The van der Waals surface area contributed by atoms with E-state index in [1.54, 1.807) is 9.47 Å². The molecule has 2 aliphatic heterocycles. The largest absolute Gasteiger partial charge is 0.355 e. The van der Waals surface area contributed by atoms with Gasteiger partial charge in [-0.15, -0.1) is 0 Å². The maximum Gasteiger partial charge on any atom is 0.270 e. The molecule has 214 valence electrons. The molecule has 0 aromatic carbocycles. The predicted molar refractivity (Wildman–Crippen MR) is 167 cm³/mol. The first kappa shape index (κ1) is 31.4. The number of nitriles is 1. The Morgan fingerprint density at radius 1 is 0.949 bits per heavy atom. The highest BCUT2D eigenvalue weighted by Gasteiger charge is 2.33. The minimum atomic E-state index is -0.267. The number of pyridine rings is 1. The van der Waals surface area contributed by atoms with Gasteiger partial charge in [-0.25, -0.2) is 0 Å². The van der Waals surface area contributed by atoms with Crippen molar-refractivity contribution in [1.29, 1.82) is 5.26 Å². The number of anilines is 1. The number of amides is 1. The normalized spacial score (nSPS) is 17.5. The Morgan fingerprint density at radius 2 is 1.54 bits per heavy atom. The van der Waals surface area contributed by atoms with Crippen LogP contribution in [0.15, 0.2) is 9.70 Å². The number of thioether (sulfide) groups is 1. The van der Waals surface area contributed by atoms with Crippen molar-refractivity contribution in [3.8, 4) is 6.07 Å². The van der Waals surface area contributed by atoms with Crippen molar-refractivity contribution >= 4 is 46.1 Å². The third kappa shape index (κ3) is 7.96. The zero-order valence-corrected chi connectivity index (χ0v) is 25.9. The van der Waals surface area contributed by atoms with Gasteiger partial charge in [0.05, 0.1) is 4.91 Å². The standard InChI is InChI=1S/C30H45N5O2S2/c1-5-7-8-9-10-11-12-13-14-15-16-35-29(37)26(39-30(35)38)21-24-23(3)25(22-31)28(36)34(6-2)27(24)33-19-17-32(4)18-20-33/h21H,5-20H2,1-4H3/b26-21+. The summed E-state index contributed by atoms with van der Waals surface area (Å²) in [6.45, 7) is 10.4. The summed E-state index contributed by atoms with van der Waals surface area (Å²) >= 11 is 6.93. The van der Waals surface area contributed by atoms with Gasteiger partial charge in [0.15, 0.2) is 0 Å². The number of carbonyl (C=O) groups excluding carboxylic acids is 1. The summed E-state index contributed by atoms with van der Waals surface area (Å²) in [5.74, 6) is 0.726. The average Bonchev–Trinajstić information content (AvgIpc) is 3.19. The van der Waals surface area contributed by atoms with Crippen molar-refractivity contribution in [3.63, 3.8) is 0 Å². The fourth-order valence-electron chi connectivity index (χ4n) is 5.38. The van der Waals surface area contributed by atoms with Crippen LogP contribution in [0.3, 0.4) is 0 Å². The van der Waals surface area contributed by atoms with Gasteiger partial charge >= 0.3 is 0 Å². The van der Waals surface area contributed by atoms with Crippen molar-refractivity contribution < 1.29 is 4.79 Å². The van der Waals surface area contributed by atoms with Gasteiger partial charge in [0.25, 0.3) is 11.5 Å². The number of likely N-dealkylation sites (N-methyl/N-ethyl adjacent to an activating group) is 1. The molecule has 3 rings (SSSR count). The van der Waals surface area contributed by atoms with E-state index in [2.05, 4.69) is 29.8 Å². The third-order valence-corrected chi connectivity index (χ3v) is 9.23. The lowest BCUT2D eigenvalue weighted by atomic mass is 10.0. The van der Waals surface area contributed by atoms with Gasteiger partial charge in [-0.05, 0) is 39.0 Å². The summed E-state index contributed by atoms with van der Waals surface area (Å²) in [4.78, 5) is 33.4. The molecule has 3 heterocycles. The second-order valence-electron chi connectivity index (χ2n) is 10.7. The van der Waals surface area contributed by atoms with Crippen LogP contribution in [0.4, 0.5) is 5.82 Å². The maximum atomic E-state index is 13.4. The van der Waals surface area contributed by atoms with Crippen LogP contribution in [0.25, 0.3) is 6.08 Å². The van der Waals surface area contributed by atoms with Crippen LogP contribution in [0, 0.1) is 18.3 Å². The molecule has 2 saturated heterocycles. The van der Waals surface area contributed by atoms with Gasteiger partial charge in [0.2, 0.25) is 0 Å². The van der Waals surface area contributed by atoms with Gasteiger partial charge < -0.3 is 9.80 Å². The highest BCUT2D eigenvalue weighted by molar-refractivity contribution is 8.26. The molecule has 1 aromatic rings. The number of thiocarbonyl (C=S) groups is 1. The summed E-state index contributed by atoms with van der Waals surface area (Å²) in [5, 5.41) is 9.79.